The average Bonchev–Trinajstić information content (AvgIpc) is 2.91. The molecule has 0 aliphatic carbocycles. The lowest BCUT2D eigenvalue weighted by atomic mass is 10.3. The molecule has 0 radical (unpaired) electrons. The summed E-state index contributed by atoms with van der Waals surface area (Å²) in [6.07, 6.45) is 0. The van der Waals surface area contributed by atoms with Gasteiger partial charge in [-0.25, -0.2) is 4.98 Å². The van der Waals surface area contributed by atoms with Gasteiger partial charge in [0.15, 0.2) is 5.00 Å². The zero-order valence-corrected chi connectivity index (χ0v) is 10.6. The van der Waals surface area contributed by atoms with Crippen molar-refractivity contribution in [2.24, 2.45) is 0 Å². The molecule has 90 valence electrons. The van der Waals surface area contributed by atoms with E-state index in [1.54, 1.807) is 0 Å². The van der Waals surface area contributed by atoms with E-state index < -0.39 is 4.92 Å². The fourth-order valence-electron chi connectivity index (χ4n) is 1.62. The molecule has 0 spiro atoms. The minimum atomic E-state index is -0.470. The van der Waals surface area contributed by atoms with Gasteiger partial charge in [-0.15, -0.1) is 22.7 Å². The molecule has 0 fully saturated rings. The molecule has 5 nitrogen and oxygen atoms in total. The summed E-state index contributed by atoms with van der Waals surface area (Å²) in [6.45, 7) is 0. The van der Waals surface area contributed by atoms with Gasteiger partial charge in [0.05, 0.1) is 20.0 Å². The maximum atomic E-state index is 10.8. The van der Waals surface area contributed by atoms with Crippen molar-refractivity contribution in [2.45, 2.75) is 0 Å². The second-order valence-electron chi connectivity index (χ2n) is 3.60. The number of anilines is 1. The number of rotatable bonds is 2. The Hall–Kier alpha value is -1.99. The second-order valence-corrected chi connectivity index (χ2v) is 5.72. The normalized spacial score (nSPS) is 10.9. The zero-order chi connectivity index (χ0) is 12.7. The molecular weight excluding hydrogens is 270 g/mol. The van der Waals surface area contributed by atoms with Crippen molar-refractivity contribution in [1.82, 2.24) is 4.98 Å². The van der Waals surface area contributed by atoms with Crippen LogP contribution in [0.1, 0.15) is 0 Å². The van der Waals surface area contributed by atoms with E-state index in [2.05, 4.69) is 4.98 Å². The quantitative estimate of drug-likeness (QED) is 0.574. The van der Waals surface area contributed by atoms with E-state index in [-0.39, 0.29) is 10.7 Å². The minimum Gasteiger partial charge on any atom is -0.385 e. The Labute approximate surface area is 110 Å². The monoisotopic (exact) mass is 277 g/mol. The second kappa shape index (κ2) is 4.04. The van der Waals surface area contributed by atoms with Crippen LogP contribution in [0.5, 0.6) is 0 Å². The first-order valence-electron chi connectivity index (χ1n) is 5.05. The lowest BCUT2D eigenvalue weighted by Gasteiger charge is -1.84. The number of thiophene rings is 1. The molecule has 2 N–H and O–H groups in total. The maximum absolute atomic E-state index is 10.8. The molecule has 2 heterocycles. The molecule has 3 aromatic rings. The fraction of sp³-hybridized carbons (Fsp3) is 0. The van der Waals surface area contributed by atoms with Crippen LogP contribution in [0.3, 0.4) is 0 Å². The van der Waals surface area contributed by atoms with E-state index >= 15 is 0 Å². The number of aromatic nitrogens is 1. The lowest BCUT2D eigenvalue weighted by molar-refractivity contribution is -0.383. The zero-order valence-electron chi connectivity index (χ0n) is 8.99. The number of nitrogen functional groups attached to an aromatic ring is 1. The number of nitrogens with two attached hydrogens (primary N) is 1. The SMILES string of the molecule is Nc1sc(-c2nc3ccccc3s2)cc1[N+](=O)[O-]. The van der Waals surface area contributed by atoms with E-state index in [4.69, 9.17) is 5.73 Å². The van der Waals surface area contributed by atoms with Crippen molar-refractivity contribution >= 4 is 43.6 Å². The molecule has 0 bridgehead atoms. The number of hydrogen-bond donors (Lipinski definition) is 1. The maximum Gasteiger partial charge on any atom is 0.303 e. The number of nitrogens with zero attached hydrogens (tertiary/aromatic N) is 2. The van der Waals surface area contributed by atoms with Crippen molar-refractivity contribution in [3.63, 3.8) is 0 Å². The summed E-state index contributed by atoms with van der Waals surface area (Å²) < 4.78 is 1.06. The molecule has 0 saturated carbocycles. The lowest BCUT2D eigenvalue weighted by Crippen LogP contribution is -1.89. The van der Waals surface area contributed by atoms with Gasteiger partial charge in [0.2, 0.25) is 0 Å². The molecular formula is C11H7N3O2S2. The van der Waals surface area contributed by atoms with E-state index in [0.717, 1.165) is 20.1 Å². The summed E-state index contributed by atoms with van der Waals surface area (Å²) in [5, 5.41) is 11.7. The highest BCUT2D eigenvalue weighted by atomic mass is 32.1. The van der Waals surface area contributed by atoms with Crippen LogP contribution >= 0.6 is 22.7 Å². The molecule has 0 unspecified atom stereocenters. The minimum absolute atomic E-state index is 0.0470. The first-order valence-corrected chi connectivity index (χ1v) is 6.68. The van der Waals surface area contributed by atoms with E-state index in [9.17, 15) is 10.1 Å². The van der Waals surface area contributed by atoms with Crippen molar-refractivity contribution in [1.29, 1.82) is 0 Å². The first-order chi connectivity index (χ1) is 8.65. The molecule has 18 heavy (non-hydrogen) atoms. The first kappa shape index (κ1) is 11.1. The molecule has 0 aliphatic heterocycles. The molecule has 0 amide bonds. The van der Waals surface area contributed by atoms with Gasteiger partial charge in [0, 0.05) is 6.07 Å². The predicted octanol–water partition coefficient (Wildman–Crippen LogP) is 3.52. The highest BCUT2D eigenvalue weighted by Gasteiger charge is 2.19. The summed E-state index contributed by atoms with van der Waals surface area (Å²) in [7, 11) is 0. The van der Waals surface area contributed by atoms with Gasteiger partial charge in [0.25, 0.3) is 0 Å². The average molecular weight is 277 g/mol. The molecule has 1 aromatic carbocycles. The van der Waals surface area contributed by atoms with Crippen LogP contribution in [-0.2, 0) is 0 Å². The molecule has 0 atom stereocenters. The summed E-state index contributed by atoms with van der Waals surface area (Å²) in [6, 6.07) is 9.23. The van der Waals surface area contributed by atoms with E-state index in [1.807, 2.05) is 24.3 Å². The number of hydrogen-bond acceptors (Lipinski definition) is 6. The van der Waals surface area contributed by atoms with Crippen LogP contribution in [-0.4, -0.2) is 9.91 Å². The van der Waals surface area contributed by atoms with Crippen LogP contribution in [0.15, 0.2) is 30.3 Å². The number of fused-ring (bicyclic) bond motifs is 1. The van der Waals surface area contributed by atoms with Gasteiger partial charge in [-0.1, -0.05) is 12.1 Å². The molecule has 7 heteroatoms. The summed E-state index contributed by atoms with van der Waals surface area (Å²) in [4.78, 5) is 15.5. The van der Waals surface area contributed by atoms with E-state index in [1.165, 1.54) is 28.7 Å². The van der Waals surface area contributed by atoms with Crippen LogP contribution in [0, 0.1) is 10.1 Å². The van der Waals surface area contributed by atoms with Gasteiger partial charge in [-0.3, -0.25) is 10.1 Å². The standard InChI is InChI=1S/C11H7N3O2S2/c12-10-7(14(15)16)5-9(17-10)11-13-6-3-1-2-4-8(6)18-11/h1-5H,12H2. The third-order valence-electron chi connectivity index (χ3n) is 2.44. The Morgan fingerprint density at radius 2 is 2.06 bits per heavy atom. The van der Waals surface area contributed by atoms with Crippen LogP contribution in [0.25, 0.3) is 20.1 Å². The fourth-order valence-corrected chi connectivity index (χ4v) is 3.53. The van der Waals surface area contributed by atoms with Gasteiger partial charge in [0.1, 0.15) is 5.01 Å². The van der Waals surface area contributed by atoms with Crippen LogP contribution in [0.4, 0.5) is 10.7 Å². The van der Waals surface area contributed by atoms with Crippen molar-refractivity contribution in [2.75, 3.05) is 5.73 Å². The number of nitro groups is 1. The Morgan fingerprint density at radius 1 is 1.28 bits per heavy atom. The highest BCUT2D eigenvalue weighted by Crippen LogP contribution is 2.40. The van der Waals surface area contributed by atoms with Crippen molar-refractivity contribution < 1.29 is 4.92 Å². The summed E-state index contributed by atoms with van der Waals surface area (Å²) >= 11 is 2.70. The Kier molecular flexibility index (Phi) is 2.49. The number of benzene rings is 1. The van der Waals surface area contributed by atoms with E-state index in [0.29, 0.717) is 0 Å². The Balaban J connectivity index is 2.14. The Morgan fingerprint density at radius 3 is 2.72 bits per heavy atom. The number of thiazole rings is 1. The third kappa shape index (κ3) is 1.73. The van der Waals surface area contributed by atoms with Crippen molar-refractivity contribution in [3.05, 3.63) is 40.4 Å². The van der Waals surface area contributed by atoms with Gasteiger partial charge >= 0.3 is 5.69 Å². The Bertz CT molecular complexity index is 715. The molecule has 3 rings (SSSR count). The molecule has 2 aromatic heterocycles. The van der Waals surface area contributed by atoms with Gasteiger partial charge < -0.3 is 5.73 Å². The predicted molar refractivity (Wildman–Crippen MR) is 74.0 cm³/mol. The van der Waals surface area contributed by atoms with Gasteiger partial charge in [-0.2, -0.15) is 0 Å². The van der Waals surface area contributed by atoms with Crippen molar-refractivity contribution in [3.8, 4) is 9.88 Å². The largest absolute Gasteiger partial charge is 0.385 e. The molecule has 0 aliphatic rings. The topological polar surface area (TPSA) is 82.0 Å². The summed E-state index contributed by atoms with van der Waals surface area (Å²) in [5.41, 5.74) is 6.48. The smallest absolute Gasteiger partial charge is 0.303 e. The van der Waals surface area contributed by atoms with Crippen LogP contribution < -0.4 is 5.73 Å². The third-order valence-corrected chi connectivity index (χ3v) is 4.60. The molecule has 0 saturated heterocycles. The highest BCUT2D eigenvalue weighted by molar-refractivity contribution is 7.27. The summed E-state index contributed by atoms with van der Waals surface area (Å²) in [5.74, 6) is 0. The van der Waals surface area contributed by atoms with Gasteiger partial charge in [-0.05, 0) is 12.1 Å². The number of para-hydroxylation sites is 1. The van der Waals surface area contributed by atoms with Crippen LogP contribution in [0.2, 0.25) is 0 Å².